The summed E-state index contributed by atoms with van der Waals surface area (Å²) >= 11 is 1.76. The quantitative estimate of drug-likeness (QED) is 0.629. The first kappa shape index (κ1) is 12.7. The fourth-order valence-corrected chi connectivity index (χ4v) is 2.84. The molecule has 0 saturated heterocycles. The molecule has 1 aromatic heterocycles. The Balaban J connectivity index is 1.74. The number of hydrazine groups is 1. The van der Waals surface area contributed by atoms with Crippen LogP contribution in [0.4, 0.5) is 0 Å². The number of benzene rings is 1. The van der Waals surface area contributed by atoms with Gasteiger partial charge in [0.15, 0.2) is 0 Å². The summed E-state index contributed by atoms with van der Waals surface area (Å²) in [6.45, 7) is 0. The van der Waals surface area contributed by atoms with Gasteiger partial charge in [0.1, 0.15) is 5.75 Å². The van der Waals surface area contributed by atoms with Gasteiger partial charge < -0.3 is 4.74 Å². The van der Waals surface area contributed by atoms with E-state index >= 15 is 0 Å². The first-order valence-corrected chi connectivity index (χ1v) is 7.48. The van der Waals surface area contributed by atoms with Gasteiger partial charge >= 0.3 is 0 Å². The third kappa shape index (κ3) is 3.35. The molecule has 0 aliphatic heterocycles. The largest absolute Gasteiger partial charge is 0.490 e. The van der Waals surface area contributed by atoms with Crippen LogP contribution in [-0.4, -0.2) is 6.10 Å². The van der Waals surface area contributed by atoms with Crippen LogP contribution in [0, 0.1) is 0 Å². The SMILES string of the molecule is NNC(Cc1cccs1)c1cccc(OC2CC2)c1. The highest BCUT2D eigenvalue weighted by molar-refractivity contribution is 7.09. The lowest BCUT2D eigenvalue weighted by atomic mass is 10.0. The van der Waals surface area contributed by atoms with E-state index in [1.165, 1.54) is 23.3 Å². The first-order chi connectivity index (χ1) is 9.35. The highest BCUT2D eigenvalue weighted by atomic mass is 32.1. The molecule has 1 saturated carbocycles. The minimum Gasteiger partial charge on any atom is -0.490 e. The highest BCUT2D eigenvalue weighted by Gasteiger charge is 2.23. The molecule has 19 heavy (non-hydrogen) atoms. The van der Waals surface area contributed by atoms with Crippen LogP contribution in [0.1, 0.15) is 29.3 Å². The lowest BCUT2D eigenvalue weighted by Crippen LogP contribution is -2.29. The Labute approximate surface area is 117 Å². The molecule has 3 rings (SSSR count). The van der Waals surface area contributed by atoms with E-state index < -0.39 is 0 Å². The van der Waals surface area contributed by atoms with Gasteiger partial charge in [-0.25, -0.2) is 0 Å². The van der Waals surface area contributed by atoms with Gasteiger partial charge in [0.05, 0.1) is 12.1 Å². The maximum absolute atomic E-state index is 5.83. The van der Waals surface area contributed by atoms with Crippen molar-refractivity contribution in [3.8, 4) is 5.75 Å². The topological polar surface area (TPSA) is 47.3 Å². The standard InChI is InChI=1S/C15H18N2OS/c16-17-15(10-14-5-2-8-19-14)11-3-1-4-13(9-11)18-12-6-7-12/h1-5,8-9,12,15,17H,6-7,10,16H2. The highest BCUT2D eigenvalue weighted by Crippen LogP contribution is 2.29. The van der Waals surface area contributed by atoms with Crippen molar-refractivity contribution in [1.82, 2.24) is 5.43 Å². The van der Waals surface area contributed by atoms with Gasteiger partial charge in [-0.3, -0.25) is 11.3 Å². The van der Waals surface area contributed by atoms with Crippen LogP contribution < -0.4 is 16.0 Å². The van der Waals surface area contributed by atoms with Gasteiger partial charge in [-0.1, -0.05) is 18.2 Å². The maximum atomic E-state index is 5.83. The molecule has 1 fully saturated rings. The average molecular weight is 274 g/mol. The van der Waals surface area contributed by atoms with E-state index in [0.29, 0.717) is 6.10 Å². The molecule has 3 nitrogen and oxygen atoms in total. The zero-order valence-corrected chi connectivity index (χ0v) is 11.5. The predicted octanol–water partition coefficient (Wildman–Crippen LogP) is 3.04. The van der Waals surface area contributed by atoms with Gasteiger partial charge in [0, 0.05) is 11.3 Å². The third-order valence-corrected chi connectivity index (χ3v) is 4.17. The lowest BCUT2D eigenvalue weighted by molar-refractivity contribution is 0.302. The maximum Gasteiger partial charge on any atom is 0.120 e. The summed E-state index contributed by atoms with van der Waals surface area (Å²) in [6, 6.07) is 12.6. The fraction of sp³-hybridized carbons (Fsp3) is 0.333. The molecular weight excluding hydrogens is 256 g/mol. The number of ether oxygens (including phenoxy) is 1. The second kappa shape index (κ2) is 5.74. The van der Waals surface area contributed by atoms with E-state index in [2.05, 4.69) is 35.1 Å². The molecule has 1 heterocycles. The molecule has 0 bridgehead atoms. The van der Waals surface area contributed by atoms with E-state index in [1.54, 1.807) is 11.3 Å². The third-order valence-electron chi connectivity index (χ3n) is 3.27. The second-order valence-electron chi connectivity index (χ2n) is 4.89. The minimum absolute atomic E-state index is 0.126. The molecule has 1 unspecified atom stereocenters. The van der Waals surface area contributed by atoms with E-state index in [9.17, 15) is 0 Å². The molecule has 100 valence electrons. The average Bonchev–Trinajstić information content (AvgIpc) is 3.09. The number of hydrogen-bond acceptors (Lipinski definition) is 4. The molecule has 4 heteroatoms. The summed E-state index contributed by atoms with van der Waals surface area (Å²) in [5.41, 5.74) is 4.08. The predicted molar refractivity (Wildman–Crippen MR) is 78.2 cm³/mol. The Bertz CT molecular complexity index is 523. The number of thiophene rings is 1. The molecule has 2 aromatic rings. The van der Waals surface area contributed by atoms with Gasteiger partial charge in [-0.05, 0) is 42.0 Å². The second-order valence-corrected chi connectivity index (χ2v) is 5.92. The monoisotopic (exact) mass is 274 g/mol. The summed E-state index contributed by atoms with van der Waals surface area (Å²) in [5.74, 6) is 6.65. The number of hydrogen-bond donors (Lipinski definition) is 2. The molecule has 0 spiro atoms. The minimum atomic E-state index is 0.126. The molecule has 3 N–H and O–H groups in total. The van der Waals surface area contributed by atoms with Crippen LogP contribution in [0.5, 0.6) is 5.75 Å². The van der Waals surface area contributed by atoms with Crippen molar-refractivity contribution in [2.24, 2.45) is 5.84 Å². The summed E-state index contributed by atoms with van der Waals surface area (Å²) in [5, 5.41) is 2.09. The Hall–Kier alpha value is -1.36. The number of rotatable bonds is 6. The van der Waals surface area contributed by atoms with Crippen molar-refractivity contribution in [3.05, 3.63) is 52.2 Å². The zero-order valence-electron chi connectivity index (χ0n) is 10.7. The van der Waals surface area contributed by atoms with E-state index in [-0.39, 0.29) is 6.04 Å². The van der Waals surface area contributed by atoms with Crippen LogP contribution in [0.15, 0.2) is 41.8 Å². The Kier molecular flexibility index (Phi) is 3.82. The van der Waals surface area contributed by atoms with Crippen LogP contribution in [0.25, 0.3) is 0 Å². The van der Waals surface area contributed by atoms with Gasteiger partial charge in [0.2, 0.25) is 0 Å². The first-order valence-electron chi connectivity index (χ1n) is 6.60. The van der Waals surface area contributed by atoms with Gasteiger partial charge in [0.25, 0.3) is 0 Å². The summed E-state index contributed by atoms with van der Waals surface area (Å²) < 4.78 is 5.83. The van der Waals surface area contributed by atoms with E-state index in [0.717, 1.165) is 12.2 Å². The van der Waals surface area contributed by atoms with Crippen molar-refractivity contribution in [3.63, 3.8) is 0 Å². The van der Waals surface area contributed by atoms with E-state index in [4.69, 9.17) is 10.6 Å². The fourth-order valence-electron chi connectivity index (χ4n) is 2.09. The van der Waals surface area contributed by atoms with Crippen LogP contribution >= 0.6 is 11.3 Å². The summed E-state index contributed by atoms with van der Waals surface area (Å²) in [6.07, 6.45) is 3.69. The van der Waals surface area contributed by atoms with Crippen LogP contribution in [-0.2, 0) is 6.42 Å². The van der Waals surface area contributed by atoms with Crippen molar-refractivity contribution in [1.29, 1.82) is 0 Å². The number of nitrogens with one attached hydrogen (secondary N) is 1. The molecular formula is C15H18N2OS. The summed E-state index contributed by atoms with van der Waals surface area (Å²) in [7, 11) is 0. The molecule has 0 radical (unpaired) electrons. The molecule has 1 aliphatic carbocycles. The van der Waals surface area contributed by atoms with Crippen molar-refractivity contribution >= 4 is 11.3 Å². The van der Waals surface area contributed by atoms with Gasteiger partial charge in [-0.2, -0.15) is 0 Å². The smallest absolute Gasteiger partial charge is 0.120 e. The van der Waals surface area contributed by atoms with E-state index in [1.807, 2.05) is 12.1 Å². The lowest BCUT2D eigenvalue weighted by Gasteiger charge is -2.16. The Morgan fingerprint density at radius 1 is 1.32 bits per heavy atom. The Morgan fingerprint density at radius 2 is 2.21 bits per heavy atom. The molecule has 1 atom stereocenters. The summed E-state index contributed by atoms with van der Waals surface area (Å²) in [4.78, 5) is 1.33. The molecule has 1 aromatic carbocycles. The zero-order chi connectivity index (χ0) is 13.1. The van der Waals surface area contributed by atoms with Crippen LogP contribution in [0.2, 0.25) is 0 Å². The molecule has 0 amide bonds. The van der Waals surface area contributed by atoms with Crippen molar-refractivity contribution in [2.75, 3.05) is 0 Å². The normalized spacial score (nSPS) is 16.3. The Morgan fingerprint density at radius 3 is 2.89 bits per heavy atom. The van der Waals surface area contributed by atoms with Crippen molar-refractivity contribution < 1.29 is 4.74 Å². The van der Waals surface area contributed by atoms with Crippen molar-refractivity contribution in [2.45, 2.75) is 31.4 Å². The number of nitrogens with two attached hydrogens (primary N) is 1. The van der Waals surface area contributed by atoms with Crippen LogP contribution in [0.3, 0.4) is 0 Å². The van der Waals surface area contributed by atoms with Gasteiger partial charge in [-0.15, -0.1) is 11.3 Å². The molecule has 1 aliphatic rings.